The molecular weight excluding hydrogens is 268 g/mol. The number of thiophene rings is 1. The second-order valence-electron chi connectivity index (χ2n) is 3.88. The summed E-state index contributed by atoms with van der Waals surface area (Å²) in [5, 5.41) is 10.9. The van der Waals surface area contributed by atoms with E-state index in [9.17, 15) is 9.59 Å². The molecule has 0 spiro atoms. The SMILES string of the molecule is O=C(O)Cn1cnc2scc(-c3ccco3)c2c1=O. The number of nitrogens with zero attached hydrogens (tertiary/aromatic N) is 2. The van der Waals surface area contributed by atoms with Gasteiger partial charge >= 0.3 is 5.97 Å². The molecule has 96 valence electrons. The number of carbonyl (C=O) groups is 1. The van der Waals surface area contributed by atoms with Gasteiger partial charge in [0.2, 0.25) is 0 Å². The minimum atomic E-state index is -1.09. The highest BCUT2D eigenvalue weighted by atomic mass is 32.1. The van der Waals surface area contributed by atoms with Crippen molar-refractivity contribution in [2.75, 3.05) is 0 Å². The van der Waals surface area contributed by atoms with Crippen molar-refractivity contribution in [3.8, 4) is 11.3 Å². The molecule has 0 saturated carbocycles. The molecule has 0 aromatic carbocycles. The molecule has 0 aliphatic heterocycles. The summed E-state index contributed by atoms with van der Waals surface area (Å²) in [6.45, 7) is -0.408. The zero-order valence-corrected chi connectivity index (χ0v) is 10.4. The molecule has 0 saturated heterocycles. The first kappa shape index (κ1) is 11.7. The highest BCUT2D eigenvalue weighted by molar-refractivity contribution is 7.17. The Morgan fingerprint density at radius 2 is 2.37 bits per heavy atom. The number of furan rings is 1. The molecule has 3 heterocycles. The number of aliphatic carboxylic acids is 1. The predicted molar refractivity (Wildman–Crippen MR) is 69.2 cm³/mol. The first-order valence-electron chi connectivity index (χ1n) is 5.39. The molecule has 7 heteroatoms. The normalized spacial score (nSPS) is 10.9. The third-order valence-corrected chi connectivity index (χ3v) is 3.54. The number of fused-ring (bicyclic) bond motifs is 1. The van der Waals surface area contributed by atoms with Crippen LogP contribution in [-0.4, -0.2) is 20.6 Å². The zero-order valence-electron chi connectivity index (χ0n) is 9.57. The highest BCUT2D eigenvalue weighted by Crippen LogP contribution is 2.30. The van der Waals surface area contributed by atoms with Crippen LogP contribution in [-0.2, 0) is 11.3 Å². The van der Waals surface area contributed by atoms with Crippen LogP contribution < -0.4 is 5.56 Å². The van der Waals surface area contributed by atoms with Gasteiger partial charge in [-0.05, 0) is 12.1 Å². The van der Waals surface area contributed by atoms with Gasteiger partial charge in [-0.3, -0.25) is 14.2 Å². The number of rotatable bonds is 3. The molecule has 6 nitrogen and oxygen atoms in total. The lowest BCUT2D eigenvalue weighted by molar-refractivity contribution is -0.137. The minimum Gasteiger partial charge on any atom is -0.480 e. The van der Waals surface area contributed by atoms with Crippen LogP contribution in [0.1, 0.15) is 0 Å². The Bertz CT molecular complexity index is 801. The number of carboxylic acids is 1. The fourth-order valence-corrected chi connectivity index (χ4v) is 2.73. The van der Waals surface area contributed by atoms with Crippen LogP contribution in [0.3, 0.4) is 0 Å². The quantitative estimate of drug-likeness (QED) is 0.788. The highest BCUT2D eigenvalue weighted by Gasteiger charge is 2.15. The van der Waals surface area contributed by atoms with Crippen molar-refractivity contribution in [2.24, 2.45) is 0 Å². The number of hydrogen-bond acceptors (Lipinski definition) is 5. The molecule has 0 fully saturated rings. The van der Waals surface area contributed by atoms with E-state index < -0.39 is 12.5 Å². The van der Waals surface area contributed by atoms with E-state index in [1.807, 2.05) is 0 Å². The smallest absolute Gasteiger partial charge is 0.323 e. The second kappa shape index (κ2) is 4.36. The summed E-state index contributed by atoms with van der Waals surface area (Å²) >= 11 is 1.32. The molecule has 0 unspecified atom stereocenters. The van der Waals surface area contributed by atoms with Gasteiger partial charge < -0.3 is 9.52 Å². The third-order valence-electron chi connectivity index (χ3n) is 2.65. The van der Waals surface area contributed by atoms with E-state index >= 15 is 0 Å². The van der Waals surface area contributed by atoms with Gasteiger partial charge in [-0.1, -0.05) is 0 Å². The first-order chi connectivity index (χ1) is 9.16. The number of hydrogen-bond donors (Lipinski definition) is 1. The zero-order chi connectivity index (χ0) is 13.4. The van der Waals surface area contributed by atoms with Crippen molar-refractivity contribution < 1.29 is 14.3 Å². The second-order valence-corrected chi connectivity index (χ2v) is 4.74. The number of aromatic nitrogens is 2. The van der Waals surface area contributed by atoms with E-state index in [0.717, 1.165) is 4.57 Å². The lowest BCUT2D eigenvalue weighted by Crippen LogP contribution is -2.24. The Morgan fingerprint density at radius 1 is 1.53 bits per heavy atom. The molecule has 3 aromatic rings. The van der Waals surface area contributed by atoms with E-state index in [-0.39, 0.29) is 5.56 Å². The van der Waals surface area contributed by atoms with Crippen molar-refractivity contribution >= 4 is 27.5 Å². The van der Waals surface area contributed by atoms with Gasteiger partial charge in [0.25, 0.3) is 5.56 Å². The van der Waals surface area contributed by atoms with Gasteiger partial charge in [0.15, 0.2) is 0 Å². The number of carboxylic acid groups (broad SMARTS) is 1. The molecule has 3 aromatic heterocycles. The molecule has 0 atom stereocenters. The van der Waals surface area contributed by atoms with Crippen molar-refractivity contribution in [3.63, 3.8) is 0 Å². The maximum Gasteiger partial charge on any atom is 0.323 e. The van der Waals surface area contributed by atoms with Crippen LogP contribution >= 0.6 is 11.3 Å². The van der Waals surface area contributed by atoms with Crippen LogP contribution in [0, 0.1) is 0 Å². The van der Waals surface area contributed by atoms with E-state index in [1.54, 1.807) is 17.5 Å². The minimum absolute atomic E-state index is 0.375. The van der Waals surface area contributed by atoms with Gasteiger partial charge in [0.1, 0.15) is 17.1 Å². The van der Waals surface area contributed by atoms with Gasteiger partial charge in [0, 0.05) is 10.9 Å². The van der Waals surface area contributed by atoms with Crippen molar-refractivity contribution in [3.05, 3.63) is 40.5 Å². The Hall–Kier alpha value is -2.41. The molecule has 1 N–H and O–H groups in total. The molecule has 0 aliphatic rings. The van der Waals surface area contributed by atoms with Crippen LogP contribution in [0.2, 0.25) is 0 Å². The monoisotopic (exact) mass is 276 g/mol. The Labute approximate surface area is 110 Å². The summed E-state index contributed by atoms with van der Waals surface area (Å²) in [4.78, 5) is 27.6. The Kier molecular flexibility index (Phi) is 2.68. The van der Waals surface area contributed by atoms with E-state index in [4.69, 9.17) is 9.52 Å². The predicted octanol–water partition coefficient (Wildman–Crippen LogP) is 1.80. The Morgan fingerprint density at radius 3 is 3.05 bits per heavy atom. The summed E-state index contributed by atoms with van der Waals surface area (Å²) in [5.41, 5.74) is 0.266. The van der Waals surface area contributed by atoms with Crippen molar-refractivity contribution in [1.82, 2.24) is 9.55 Å². The summed E-state index contributed by atoms with van der Waals surface area (Å²) in [6.07, 6.45) is 2.77. The van der Waals surface area contributed by atoms with Gasteiger partial charge in [-0.25, -0.2) is 4.98 Å². The average molecular weight is 276 g/mol. The fourth-order valence-electron chi connectivity index (χ4n) is 1.84. The average Bonchev–Trinajstić information content (AvgIpc) is 3.00. The molecule has 19 heavy (non-hydrogen) atoms. The molecule has 0 aliphatic carbocycles. The molecule has 0 amide bonds. The molecular formula is C12H8N2O4S. The van der Waals surface area contributed by atoms with E-state index in [2.05, 4.69) is 4.98 Å². The lowest BCUT2D eigenvalue weighted by Gasteiger charge is -2.01. The molecule has 3 rings (SSSR count). The third kappa shape index (κ3) is 1.93. The van der Waals surface area contributed by atoms with Crippen molar-refractivity contribution in [1.29, 1.82) is 0 Å². The van der Waals surface area contributed by atoms with Gasteiger partial charge in [-0.2, -0.15) is 0 Å². The standard InChI is InChI=1S/C12H8N2O4S/c15-9(16)4-14-6-13-11-10(12(14)17)7(5-19-11)8-2-1-3-18-8/h1-3,5-6H,4H2,(H,15,16). The van der Waals surface area contributed by atoms with Crippen LogP contribution in [0.4, 0.5) is 0 Å². The largest absolute Gasteiger partial charge is 0.480 e. The maximum absolute atomic E-state index is 12.3. The Balaban J connectivity index is 2.26. The van der Waals surface area contributed by atoms with Crippen LogP contribution in [0.15, 0.2) is 39.3 Å². The summed E-state index contributed by atoms with van der Waals surface area (Å²) in [5.74, 6) is -0.517. The topological polar surface area (TPSA) is 85.3 Å². The van der Waals surface area contributed by atoms with Crippen molar-refractivity contribution in [2.45, 2.75) is 6.54 Å². The van der Waals surface area contributed by atoms with Gasteiger partial charge in [-0.15, -0.1) is 11.3 Å². The fraction of sp³-hybridized carbons (Fsp3) is 0.0833. The summed E-state index contributed by atoms with van der Waals surface area (Å²) in [7, 11) is 0. The summed E-state index contributed by atoms with van der Waals surface area (Å²) in [6, 6.07) is 3.47. The van der Waals surface area contributed by atoms with Crippen LogP contribution in [0.5, 0.6) is 0 Å². The van der Waals surface area contributed by atoms with Crippen LogP contribution in [0.25, 0.3) is 21.5 Å². The van der Waals surface area contributed by atoms with Gasteiger partial charge in [0.05, 0.1) is 18.0 Å². The van der Waals surface area contributed by atoms with E-state index in [0.29, 0.717) is 21.5 Å². The summed E-state index contributed by atoms with van der Waals surface area (Å²) < 4.78 is 6.35. The maximum atomic E-state index is 12.3. The first-order valence-corrected chi connectivity index (χ1v) is 6.27. The molecule has 0 radical (unpaired) electrons. The van der Waals surface area contributed by atoms with E-state index in [1.165, 1.54) is 23.9 Å². The molecule has 0 bridgehead atoms. The lowest BCUT2D eigenvalue weighted by atomic mass is 10.2.